The monoisotopic (exact) mass is 515 g/mol. The molecule has 1 aliphatic carbocycles. The van der Waals surface area contributed by atoms with E-state index in [-0.39, 0.29) is 5.41 Å². The smallest absolute Gasteiger partial charge is 0.146 e. The molecule has 0 amide bonds. The van der Waals surface area contributed by atoms with Gasteiger partial charge in [-0.1, -0.05) is 68.3 Å². The summed E-state index contributed by atoms with van der Waals surface area (Å²) in [6, 6.07) is 18.0. The molecule has 0 spiro atoms. The van der Waals surface area contributed by atoms with Crippen molar-refractivity contribution in [3.8, 4) is 17.0 Å². The van der Waals surface area contributed by atoms with Crippen molar-refractivity contribution in [3.63, 3.8) is 0 Å². The van der Waals surface area contributed by atoms with Crippen LogP contribution < -0.4 is 10.5 Å². The van der Waals surface area contributed by atoms with Crippen LogP contribution in [0.15, 0.2) is 60.8 Å². The molecule has 0 radical (unpaired) electrons. The molecule has 0 saturated heterocycles. The summed E-state index contributed by atoms with van der Waals surface area (Å²) in [5.41, 5.74) is 12.0. The molecule has 5 nitrogen and oxygen atoms in total. The fraction of sp³-hybridized carbons (Fsp3) is 0.355. The van der Waals surface area contributed by atoms with E-state index in [0.717, 1.165) is 39.7 Å². The summed E-state index contributed by atoms with van der Waals surface area (Å²) in [6.45, 7) is 7.10. The molecule has 6 heteroatoms. The first-order valence-corrected chi connectivity index (χ1v) is 13.4. The second-order valence-electron chi connectivity index (χ2n) is 10.5. The van der Waals surface area contributed by atoms with E-state index >= 15 is 0 Å². The van der Waals surface area contributed by atoms with Gasteiger partial charge < -0.3 is 15.6 Å². The molecule has 1 saturated carbocycles. The highest BCUT2D eigenvalue weighted by molar-refractivity contribution is 6.31. The van der Waals surface area contributed by atoms with Crippen molar-refractivity contribution >= 4 is 22.5 Å². The lowest BCUT2D eigenvalue weighted by molar-refractivity contribution is 0.182. The average molecular weight is 516 g/mol. The van der Waals surface area contributed by atoms with E-state index in [2.05, 4.69) is 31.8 Å². The Kier molecular flexibility index (Phi) is 7.21. The SMILES string of the molecule is CCC1CCC(C)(c2cc(C)c(-c3cc(OCc4ccccc4)c4c(C(N)O)nccc4n3)cc2Cl)C1. The third-order valence-electron chi connectivity index (χ3n) is 7.89. The van der Waals surface area contributed by atoms with Crippen LogP contribution in [0, 0.1) is 12.8 Å². The maximum Gasteiger partial charge on any atom is 0.146 e. The Morgan fingerprint density at radius 3 is 2.68 bits per heavy atom. The zero-order valence-corrected chi connectivity index (χ0v) is 22.4. The number of nitrogens with two attached hydrogens (primary N) is 1. The van der Waals surface area contributed by atoms with Crippen LogP contribution in [-0.4, -0.2) is 15.1 Å². The molecule has 2 heterocycles. The molecular weight excluding hydrogens is 482 g/mol. The molecule has 3 atom stereocenters. The summed E-state index contributed by atoms with van der Waals surface area (Å²) in [7, 11) is 0. The zero-order chi connectivity index (χ0) is 26.2. The number of aromatic nitrogens is 2. The van der Waals surface area contributed by atoms with E-state index in [1.54, 1.807) is 6.20 Å². The van der Waals surface area contributed by atoms with Crippen LogP contribution in [0.2, 0.25) is 5.02 Å². The Hall–Kier alpha value is -2.99. The summed E-state index contributed by atoms with van der Waals surface area (Å²) >= 11 is 6.96. The second kappa shape index (κ2) is 10.4. The van der Waals surface area contributed by atoms with Crippen molar-refractivity contribution in [2.45, 2.75) is 64.7 Å². The number of rotatable bonds is 7. The van der Waals surface area contributed by atoms with Crippen molar-refractivity contribution in [1.82, 2.24) is 9.97 Å². The molecule has 3 N–H and O–H groups in total. The van der Waals surface area contributed by atoms with E-state index in [4.69, 9.17) is 27.1 Å². The van der Waals surface area contributed by atoms with Gasteiger partial charge in [-0.3, -0.25) is 4.98 Å². The molecule has 3 unspecified atom stereocenters. The lowest BCUT2D eigenvalue weighted by atomic mass is 9.78. The van der Waals surface area contributed by atoms with Crippen molar-refractivity contribution in [2.75, 3.05) is 0 Å². The van der Waals surface area contributed by atoms with Gasteiger partial charge in [0.15, 0.2) is 0 Å². The quantitative estimate of drug-likeness (QED) is 0.253. The molecule has 0 aliphatic heterocycles. The van der Waals surface area contributed by atoms with Crippen LogP contribution >= 0.6 is 11.6 Å². The molecule has 37 heavy (non-hydrogen) atoms. The van der Waals surface area contributed by atoms with Gasteiger partial charge >= 0.3 is 0 Å². The number of nitrogens with zero attached hydrogens (tertiary/aromatic N) is 2. The fourth-order valence-corrected chi connectivity index (χ4v) is 6.15. The van der Waals surface area contributed by atoms with Crippen molar-refractivity contribution in [3.05, 3.63) is 88.2 Å². The third kappa shape index (κ3) is 5.08. The van der Waals surface area contributed by atoms with Crippen LogP contribution in [0.1, 0.15) is 68.1 Å². The number of hydrogen-bond acceptors (Lipinski definition) is 5. The highest BCUT2D eigenvalue weighted by atomic mass is 35.5. The van der Waals surface area contributed by atoms with Gasteiger partial charge in [0.05, 0.1) is 22.3 Å². The maximum absolute atomic E-state index is 10.2. The second-order valence-corrected chi connectivity index (χ2v) is 10.9. The van der Waals surface area contributed by atoms with E-state index in [1.165, 1.54) is 24.8 Å². The Balaban J connectivity index is 1.59. The lowest BCUT2D eigenvalue weighted by Gasteiger charge is -2.27. The van der Waals surface area contributed by atoms with Crippen molar-refractivity contribution in [2.24, 2.45) is 11.7 Å². The zero-order valence-electron chi connectivity index (χ0n) is 21.7. The Labute approximate surface area is 223 Å². The molecule has 1 aliphatic rings. The highest BCUT2D eigenvalue weighted by Gasteiger charge is 2.37. The summed E-state index contributed by atoms with van der Waals surface area (Å²) in [6.07, 6.45) is 5.16. The number of ether oxygens (including phenoxy) is 1. The largest absolute Gasteiger partial charge is 0.488 e. The predicted octanol–water partition coefficient (Wildman–Crippen LogP) is 7.26. The van der Waals surface area contributed by atoms with Gasteiger partial charge in [-0.15, -0.1) is 0 Å². The van der Waals surface area contributed by atoms with E-state index < -0.39 is 6.23 Å². The predicted molar refractivity (Wildman–Crippen MR) is 150 cm³/mol. The topological polar surface area (TPSA) is 81.3 Å². The van der Waals surface area contributed by atoms with E-state index in [0.29, 0.717) is 29.0 Å². The molecule has 0 bridgehead atoms. The van der Waals surface area contributed by atoms with E-state index in [1.807, 2.05) is 48.5 Å². The van der Waals surface area contributed by atoms with Gasteiger partial charge in [0, 0.05) is 22.8 Å². The number of hydrogen-bond donors (Lipinski definition) is 2. The Morgan fingerprint density at radius 1 is 1.19 bits per heavy atom. The Bertz CT molecular complexity index is 1420. The summed E-state index contributed by atoms with van der Waals surface area (Å²) in [5, 5.41) is 11.6. The van der Waals surface area contributed by atoms with Crippen LogP contribution in [0.3, 0.4) is 0 Å². The average Bonchev–Trinajstić information content (AvgIpc) is 3.30. The number of aliphatic hydroxyl groups excluding tert-OH is 1. The van der Waals surface area contributed by atoms with Crippen LogP contribution in [-0.2, 0) is 12.0 Å². The summed E-state index contributed by atoms with van der Waals surface area (Å²) in [4.78, 5) is 9.25. The Morgan fingerprint density at radius 2 is 1.97 bits per heavy atom. The van der Waals surface area contributed by atoms with Gasteiger partial charge in [0.1, 0.15) is 18.6 Å². The first-order valence-electron chi connectivity index (χ1n) is 13.0. The molecule has 5 rings (SSSR count). The number of pyridine rings is 2. The fourth-order valence-electron chi connectivity index (χ4n) is 5.76. The van der Waals surface area contributed by atoms with Crippen LogP contribution in [0.25, 0.3) is 22.2 Å². The number of fused-ring (bicyclic) bond motifs is 1. The lowest BCUT2D eigenvalue weighted by Crippen LogP contribution is -2.18. The molecule has 2 aromatic carbocycles. The number of aryl methyl sites for hydroxylation is 1. The summed E-state index contributed by atoms with van der Waals surface area (Å²) < 4.78 is 6.29. The first-order chi connectivity index (χ1) is 17.8. The molecule has 4 aromatic rings. The number of aliphatic hydroxyl groups is 1. The minimum absolute atomic E-state index is 0.0969. The van der Waals surface area contributed by atoms with Gasteiger partial charge in [-0.05, 0) is 66.3 Å². The van der Waals surface area contributed by atoms with Crippen LogP contribution in [0.5, 0.6) is 5.75 Å². The number of benzene rings is 2. The minimum atomic E-state index is -1.25. The maximum atomic E-state index is 10.2. The molecule has 1 fully saturated rings. The van der Waals surface area contributed by atoms with Gasteiger partial charge in [-0.25, -0.2) is 4.98 Å². The third-order valence-corrected chi connectivity index (χ3v) is 8.20. The molecular formula is C31H34ClN3O2. The normalized spacial score (nSPS) is 20.3. The number of halogens is 1. The highest BCUT2D eigenvalue weighted by Crippen LogP contribution is 2.48. The van der Waals surface area contributed by atoms with Gasteiger partial charge in [-0.2, -0.15) is 0 Å². The van der Waals surface area contributed by atoms with Gasteiger partial charge in [0.25, 0.3) is 0 Å². The van der Waals surface area contributed by atoms with Gasteiger partial charge in [0.2, 0.25) is 0 Å². The van der Waals surface area contributed by atoms with Crippen LogP contribution in [0.4, 0.5) is 0 Å². The summed E-state index contributed by atoms with van der Waals surface area (Å²) in [5.74, 6) is 1.33. The minimum Gasteiger partial charge on any atom is -0.488 e. The van der Waals surface area contributed by atoms with E-state index in [9.17, 15) is 5.11 Å². The van der Waals surface area contributed by atoms with Crippen molar-refractivity contribution in [1.29, 1.82) is 0 Å². The standard InChI is InChI=1S/C31H34ClN3O2/c1-4-20-10-12-31(3,17-20)23-14-19(2)22(15-24(23)32)26-16-27(37-18-21-8-6-5-7-9-21)28-25(35-26)11-13-34-29(28)30(33)36/h5-9,11,13-16,20,30,36H,4,10,12,17-18,33H2,1-3H3. The molecule has 2 aromatic heterocycles. The molecule has 192 valence electrons. The van der Waals surface area contributed by atoms with Crippen molar-refractivity contribution < 1.29 is 9.84 Å². The first kappa shape index (κ1) is 25.7.